The van der Waals surface area contributed by atoms with E-state index in [-0.39, 0.29) is 11.6 Å². The lowest BCUT2D eigenvalue weighted by Crippen LogP contribution is -2.20. The fraction of sp³-hybridized carbons (Fsp3) is 0.455. The number of hydrogen-bond acceptors (Lipinski definition) is 2. The predicted molar refractivity (Wildman–Crippen MR) is 59.9 cm³/mol. The molecular formula is C11H12F4O3S. The monoisotopic (exact) mass is 300 g/mol. The summed E-state index contributed by atoms with van der Waals surface area (Å²) in [7, 11) is -4.81. The van der Waals surface area contributed by atoms with Gasteiger partial charge in [0.15, 0.2) is 0 Å². The topological polar surface area (TPSA) is 54.4 Å². The van der Waals surface area contributed by atoms with Crippen LogP contribution in [0.25, 0.3) is 0 Å². The summed E-state index contributed by atoms with van der Waals surface area (Å²) in [6.07, 6.45) is -4.94. The number of alkyl halides is 3. The van der Waals surface area contributed by atoms with Gasteiger partial charge in [0.1, 0.15) is 10.7 Å². The van der Waals surface area contributed by atoms with E-state index in [1.165, 1.54) is 20.8 Å². The van der Waals surface area contributed by atoms with Crippen molar-refractivity contribution in [3.05, 3.63) is 29.1 Å². The Hall–Kier alpha value is -1.15. The van der Waals surface area contributed by atoms with Gasteiger partial charge in [0.2, 0.25) is 0 Å². The van der Waals surface area contributed by atoms with E-state index in [4.69, 9.17) is 4.55 Å². The highest BCUT2D eigenvalue weighted by Gasteiger charge is 2.37. The molecule has 108 valence electrons. The summed E-state index contributed by atoms with van der Waals surface area (Å²) < 4.78 is 82.3. The third-order valence-corrected chi connectivity index (χ3v) is 3.35. The Kier molecular flexibility index (Phi) is 3.72. The van der Waals surface area contributed by atoms with Gasteiger partial charge in [0.25, 0.3) is 10.1 Å². The number of hydrogen-bond donors (Lipinski definition) is 1. The molecule has 0 unspecified atom stereocenters. The standard InChI is InChI=1S/C11H12F4O3S/c1-10(2,3)7-4-6(11(13,14)15)8(12)5-9(7)19(16,17)18/h4-5H,1-3H3,(H,16,17,18). The van der Waals surface area contributed by atoms with Crippen LogP contribution in [0.2, 0.25) is 0 Å². The summed E-state index contributed by atoms with van der Waals surface area (Å²) in [5.41, 5.74) is -2.88. The van der Waals surface area contributed by atoms with Gasteiger partial charge in [-0.05, 0) is 23.1 Å². The van der Waals surface area contributed by atoms with Crippen LogP contribution in [0.3, 0.4) is 0 Å². The summed E-state index contributed by atoms with van der Waals surface area (Å²) in [5, 5.41) is 0. The fourth-order valence-electron chi connectivity index (χ4n) is 1.57. The van der Waals surface area contributed by atoms with Crippen molar-refractivity contribution in [2.45, 2.75) is 37.3 Å². The van der Waals surface area contributed by atoms with Gasteiger partial charge in [-0.15, -0.1) is 0 Å². The van der Waals surface area contributed by atoms with E-state index in [1.54, 1.807) is 0 Å². The molecule has 1 aromatic rings. The highest BCUT2D eigenvalue weighted by atomic mass is 32.2. The maximum atomic E-state index is 13.3. The predicted octanol–water partition coefficient (Wildman–Crippen LogP) is 3.39. The van der Waals surface area contributed by atoms with E-state index in [9.17, 15) is 26.0 Å². The molecule has 0 aliphatic carbocycles. The summed E-state index contributed by atoms with van der Waals surface area (Å²) in [6.45, 7) is 4.36. The first-order valence-electron chi connectivity index (χ1n) is 5.13. The molecular weight excluding hydrogens is 288 g/mol. The van der Waals surface area contributed by atoms with Crippen LogP contribution in [0.4, 0.5) is 17.6 Å². The Labute approximate surface area is 108 Å². The first-order chi connectivity index (χ1) is 8.24. The van der Waals surface area contributed by atoms with E-state index in [0.717, 1.165) is 0 Å². The smallest absolute Gasteiger partial charge is 0.282 e. The lowest BCUT2D eigenvalue weighted by atomic mass is 9.86. The molecule has 0 bridgehead atoms. The Balaban J connectivity index is 3.76. The van der Waals surface area contributed by atoms with Crippen LogP contribution < -0.4 is 0 Å². The average molecular weight is 300 g/mol. The fourth-order valence-corrected chi connectivity index (χ4v) is 2.47. The second kappa shape index (κ2) is 4.45. The van der Waals surface area contributed by atoms with Gasteiger partial charge in [-0.3, -0.25) is 4.55 Å². The first kappa shape index (κ1) is 15.9. The minimum Gasteiger partial charge on any atom is -0.282 e. The molecule has 0 spiro atoms. The summed E-state index contributed by atoms with van der Waals surface area (Å²) in [4.78, 5) is -0.856. The highest BCUT2D eigenvalue weighted by molar-refractivity contribution is 7.85. The lowest BCUT2D eigenvalue weighted by molar-refractivity contribution is -0.140. The third-order valence-electron chi connectivity index (χ3n) is 2.46. The van der Waals surface area contributed by atoms with Gasteiger partial charge in [0.05, 0.1) is 5.56 Å². The summed E-state index contributed by atoms with van der Waals surface area (Å²) >= 11 is 0. The van der Waals surface area contributed by atoms with Crippen LogP contribution in [0, 0.1) is 5.82 Å². The van der Waals surface area contributed by atoms with Crippen LogP contribution in [0.1, 0.15) is 31.9 Å². The first-order valence-corrected chi connectivity index (χ1v) is 6.57. The zero-order valence-electron chi connectivity index (χ0n) is 10.3. The van der Waals surface area contributed by atoms with E-state index in [1.807, 2.05) is 0 Å². The van der Waals surface area contributed by atoms with Crippen molar-refractivity contribution in [1.82, 2.24) is 0 Å². The number of halogens is 4. The molecule has 0 radical (unpaired) electrons. The van der Waals surface area contributed by atoms with Gasteiger partial charge in [-0.1, -0.05) is 20.8 Å². The molecule has 0 atom stereocenters. The second-order valence-electron chi connectivity index (χ2n) is 5.05. The van der Waals surface area contributed by atoms with Gasteiger partial charge >= 0.3 is 6.18 Å². The molecule has 1 rings (SSSR count). The van der Waals surface area contributed by atoms with E-state index < -0.39 is 38.0 Å². The van der Waals surface area contributed by atoms with Crippen molar-refractivity contribution in [3.63, 3.8) is 0 Å². The number of benzene rings is 1. The molecule has 0 aliphatic rings. The molecule has 0 amide bonds. The molecule has 0 fully saturated rings. The molecule has 3 nitrogen and oxygen atoms in total. The van der Waals surface area contributed by atoms with Gasteiger partial charge in [-0.25, -0.2) is 4.39 Å². The molecule has 0 aliphatic heterocycles. The van der Waals surface area contributed by atoms with Crippen LogP contribution in [-0.2, 0) is 21.7 Å². The van der Waals surface area contributed by atoms with E-state index in [2.05, 4.69) is 0 Å². The minimum absolute atomic E-state index is 0.193. The van der Waals surface area contributed by atoms with Gasteiger partial charge in [-0.2, -0.15) is 21.6 Å². The Morgan fingerprint density at radius 1 is 1.05 bits per heavy atom. The van der Waals surface area contributed by atoms with Crippen molar-refractivity contribution in [1.29, 1.82) is 0 Å². The van der Waals surface area contributed by atoms with Crippen LogP contribution in [-0.4, -0.2) is 13.0 Å². The normalized spacial score (nSPS) is 13.7. The largest absolute Gasteiger partial charge is 0.419 e. The molecule has 1 N–H and O–H groups in total. The molecule has 8 heteroatoms. The van der Waals surface area contributed by atoms with Crippen LogP contribution in [0.5, 0.6) is 0 Å². The molecule has 19 heavy (non-hydrogen) atoms. The van der Waals surface area contributed by atoms with Crippen molar-refractivity contribution >= 4 is 10.1 Å². The molecule has 0 saturated heterocycles. The van der Waals surface area contributed by atoms with Crippen molar-refractivity contribution in [2.24, 2.45) is 0 Å². The SMILES string of the molecule is CC(C)(C)c1cc(C(F)(F)F)c(F)cc1S(=O)(=O)O. The Morgan fingerprint density at radius 3 is 1.84 bits per heavy atom. The third kappa shape index (κ3) is 3.44. The molecule has 0 aromatic heterocycles. The summed E-state index contributed by atoms with van der Waals surface area (Å²) in [5.74, 6) is -1.74. The van der Waals surface area contributed by atoms with Crippen molar-refractivity contribution < 1.29 is 30.5 Å². The molecule has 0 heterocycles. The number of rotatable bonds is 1. The summed E-state index contributed by atoms with van der Waals surface area (Å²) in [6, 6.07) is 0.608. The minimum atomic E-state index is -4.94. The maximum absolute atomic E-state index is 13.3. The molecule has 1 aromatic carbocycles. The van der Waals surface area contributed by atoms with Gasteiger partial charge < -0.3 is 0 Å². The van der Waals surface area contributed by atoms with Crippen LogP contribution in [0.15, 0.2) is 17.0 Å². The zero-order chi connectivity index (χ0) is 15.2. The molecule has 0 saturated carbocycles. The van der Waals surface area contributed by atoms with E-state index in [0.29, 0.717) is 6.07 Å². The quantitative estimate of drug-likeness (QED) is 0.639. The second-order valence-corrected chi connectivity index (χ2v) is 6.44. The maximum Gasteiger partial charge on any atom is 0.419 e. The van der Waals surface area contributed by atoms with Crippen LogP contribution >= 0.6 is 0 Å². The Bertz CT molecular complexity index is 598. The van der Waals surface area contributed by atoms with Crippen molar-refractivity contribution in [3.8, 4) is 0 Å². The highest BCUT2D eigenvalue weighted by Crippen LogP contribution is 2.37. The van der Waals surface area contributed by atoms with Gasteiger partial charge in [0, 0.05) is 0 Å². The lowest BCUT2D eigenvalue weighted by Gasteiger charge is -2.23. The Morgan fingerprint density at radius 2 is 1.53 bits per heavy atom. The zero-order valence-corrected chi connectivity index (χ0v) is 11.2. The van der Waals surface area contributed by atoms with E-state index >= 15 is 0 Å². The van der Waals surface area contributed by atoms with Crippen molar-refractivity contribution in [2.75, 3.05) is 0 Å². The average Bonchev–Trinajstić information content (AvgIpc) is 2.11.